The van der Waals surface area contributed by atoms with Crippen LogP contribution in [0.1, 0.15) is 5.82 Å². The lowest BCUT2D eigenvalue weighted by Crippen LogP contribution is -2.55. The quantitative estimate of drug-likeness (QED) is 0.125. The minimum atomic E-state index is -0.0113. The molecule has 20 heteroatoms. The van der Waals surface area contributed by atoms with Crippen LogP contribution < -0.4 is 98.3 Å². The second-order valence-electron chi connectivity index (χ2n) is 16.2. The third-order valence-corrected chi connectivity index (χ3v) is 12.7. The van der Waals surface area contributed by atoms with Gasteiger partial charge in [-0.05, 0) is 104 Å². The first-order valence-corrected chi connectivity index (χ1v) is 20.2. The van der Waals surface area contributed by atoms with Crippen LogP contribution >= 0.6 is 0 Å². The van der Waals surface area contributed by atoms with Crippen LogP contribution in [0.2, 0.25) is 0 Å². The molecule has 1 aromatic heterocycles. The summed E-state index contributed by atoms with van der Waals surface area (Å²) < 4.78 is 2.02. The summed E-state index contributed by atoms with van der Waals surface area (Å²) in [6, 6.07) is 20.5. The molecule has 0 spiro atoms. The van der Waals surface area contributed by atoms with E-state index in [-0.39, 0.29) is 109 Å². The van der Waals surface area contributed by atoms with Gasteiger partial charge in [-0.3, -0.25) is 4.57 Å². The number of hydrogen-bond donors (Lipinski definition) is 0. The standard InChI is InChI=1S/C46H14B18N2/c1-13-65-18-7-3-5-9-20(18)66(13)19-8-4-2-6-17(19)24-27-25(33(51)41(59)43(61)35(27)53)21(26-28(24)36(54)44(62)42(60)34(26)52)14-10-15(22-29(47)37(55)45(63)38(56)30(22)48)12-16(11-14)23-31(49)39(57)46(64)40(58)32(23)50/h2-12H,1H3. The van der Waals surface area contributed by atoms with E-state index in [1.807, 2.05) is 60.0 Å². The van der Waals surface area contributed by atoms with Crippen molar-refractivity contribution in [3.8, 4) is 50.2 Å². The summed E-state index contributed by atoms with van der Waals surface area (Å²) in [7, 11) is 121. The number of aryl methyl sites for hydroxylation is 1. The number of para-hydroxylation sites is 3. The van der Waals surface area contributed by atoms with E-state index in [1.54, 1.807) is 18.2 Å². The first-order chi connectivity index (χ1) is 31.2. The topological polar surface area (TPSA) is 17.8 Å². The van der Waals surface area contributed by atoms with Crippen molar-refractivity contribution in [3.05, 3.63) is 72.6 Å². The van der Waals surface area contributed by atoms with Crippen molar-refractivity contribution >= 4 is 272 Å². The molecule has 262 valence electrons. The summed E-state index contributed by atoms with van der Waals surface area (Å²) in [5, 5.41) is 1.30. The smallest absolute Gasteiger partial charge is 0.113 e. The molecule has 9 rings (SSSR count). The van der Waals surface area contributed by atoms with Crippen LogP contribution in [0.25, 0.3) is 82.8 Å². The second kappa shape index (κ2) is 16.6. The Morgan fingerprint density at radius 3 is 1.08 bits per heavy atom. The highest BCUT2D eigenvalue weighted by Gasteiger charge is 2.28. The molecule has 0 aliphatic heterocycles. The van der Waals surface area contributed by atoms with E-state index in [2.05, 4.69) is 0 Å². The van der Waals surface area contributed by atoms with E-state index in [0.717, 1.165) is 11.0 Å². The van der Waals surface area contributed by atoms with Crippen LogP contribution in [0.4, 0.5) is 0 Å². The van der Waals surface area contributed by atoms with Gasteiger partial charge in [-0.2, -0.15) is 0 Å². The van der Waals surface area contributed by atoms with E-state index >= 15 is 0 Å². The molecule has 36 radical (unpaired) electrons. The number of rotatable bonds is 5. The van der Waals surface area contributed by atoms with E-state index in [4.69, 9.17) is 146 Å². The van der Waals surface area contributed by atoms with Crippen LogP contribution in [0.3, 0.4) is 0 Å². The Labute approximate surface area is 408 Å². The van der Waals surface area contributed by atoms with Gasteiger partial charge >= 0.3 is 0 Å². The zero-order valence-electron chi connectivity index (χ0n) is 35.6. The van der Waals surface area contributed by atoms with Crippen LogP contribution in [0.5, 0.6) is 0 Å². The van der Waals surface area contributed by atoms with Crippen LogP contribution in [0.15, 0.2) is 66.7 Å². The molecule has 0 atom stereocenters. The van der Waals surface area contributed by atoms with Crippen LogP contribution in [-0.2, 0) is 0 Å². The Morgan fingerprint density at radius 2 is 0.652 bits per heavy atom. The SMILES string of the molecule is [B]c1c([B])c([B])c(-c2cc(-c3c([B])c([B])c([B])c([B])c3[B])cc(-c3c4c([B])c([B])c([B])c([B])c4c(-c4ccccc4-n4c(C)nc5ccccc54)c4c([B])c([B])c([B])c([B])c34)c2)c([B])c1[B]. The van der Waals surface area contributed by atoms with Gasteiger partial charge in [0.15, 0.2) is 0 Å². The Kier molecular flexibility index (Phi) is 11.6. The predicted molar refractivity (Wildman–Crippen MR) is 300 cm³/mol. The molecule has 0 saturated heterocycles. The molecule has 0 aliphatic carbocycles. The van der Waals surface area contributed by atoms with Crippen molar-refractivity contribution < 1.29 is 0 Å². The summed E-state index contributed by atoms with van der Waals surface area (Å²) in [6.45, 7) is 1.90. The molecule has 1 heterocycles. The van der Waals surface area contributed by atoms with E-state index in [1.165, 1.54) is 0 Å². The second-order valence-corrected chi connectivity index (χ2v) is 16.2. The molecular formula is C46H14B18N2. The van der Waals surface area contributed by atoms with E-state index in [9.17, 15) is 0 Å². The summed E-state index contributed by atoms with van der Waals surface area (Å²) in [4.78, 5) is 4.86. The normalized spacial score (nSPS) is 11.6. The lowest BCUT2D eigenvalue weighted by atomic mass is 9.58. The van der Waals surface area contributed by atoms with Crippen LogP contribution in [0, 0.1) is 6.92 Å². The Balaban J connectivity index is 1.56. The van der Waals surface area contributed by atoms with Crippen LogP contribution in [-0.4, -0.2) is 151 Å². The minimum absolute atomic E-state index is 0.00272. The van der Waals surface area contributed by atoms with Crippen molar-refractivity contribution in [1.29, 1.82) is 0 Å². The van der Waals surface area contributed by atoms with Crippen molar-refractivity contribution in [2.24, 2.45) is 0 Å². The highest BCUT2D eigenvalue weighted by molar-refractivity contribution is 6.73. The molecule has 8 aromatic carbocycles. The zero-order chi connectivity index (χ0) is 47.7. The lowest BCUT2D eigenvalue weighted by molar-refractivity contribution is 1.00. The summed E-state index contributed by atoms with van der Waals surface area (Å²) in [5.41, 5.74) is 5.41. The third-order valence-electron chi connectivity index (χ3n) is 12.7. The highest BCUT2D eigenvalue weighted by Crippen LogP contribution is 2.44. The van der Waals surface area contributed by atoms with Gasteiger partial charge in [-0.15, -0.1) is 54.6 Å². The Bertz CT molecular complexity index is 3430. The molecule has 0 N–H and O–H groups in total. The Morgan fingerprint density at radius 1 is 0.333 bits per heavy atom. The number of benzene rings is 8. The average molecular weight is 789 g/mol. The molecule has 66 heavy (non-hydrogen) atoms. The van der Waals surface area contributed by atoms with E-state index in [0.29, 0.717) is 66.4 Å². The van der Waals surface area contributed by atoms with E-state index < -0.39 is 0 Å². The molecule has 0 fully saturated rings. The predicted octanol–water partition coefficient (Wildman–Crippen LogP) is -9.40. The van der Waals surface area contributed by atoms with Gasteiger partial charge in [0.25, 0.3) is 0 Å². The van der Waals surface area contributed by atoms with Gasteiger partial charge < -0.3 is 0 Å². The summed E-state index contributed by atoms with van der Waals surface area (Å²) in [6.07, 6.45) is 0. The first-order valence-electron chi connectivity index (χ1n) is 20.2. The highest BCUT2D eigenvalue weighted by atomic mass is 15.1. The van der Waals surface area contributed by atoms with Gasteiger partial charge in [0.1, 0.15) is 147 Å². The van der Waals surface area contributed by atoms with Crippen molar-refractivity contribution in [2.75, 3.05) is 0 Å². The van der Waals surface area contributed by atoms with Gasteiger partial charge in [0.2, 0.25) is 0 Å². The zero-order valence-corrected chi connectivity index (χ0v) is 35.6. The molecule has 0 amide bonds. The fraction of sp³-hybridized carbons (Fsp3) is 0.0217. The number of hydrogen-bond acceptors (Lipinski definition) is 1. The number of imidazole rings is 1. The number of nitrogens with zero attached hydrogens (tertiary/aromatic N) is 2. The fourth-order valence-corrected chi connectivity index (χ4v) is 9.22. The summed E-state index contributed by atoms with van der Waals surface area (Å²) in [5.74, 6) is 0.690. The maximum absolute atomic E-state index is 7.18. The molecular weight excluding hydrogens is 775 g/mol. The molecule has 0 bridgehead atoms. The summed E-state index contributed by atoms with van der Waals surface area (Å²) >= 11 is 0. The van der Waals surface area contributed by atoms with Crippen molar-refractivity contribution in [3.63, 3.8) is 0 Å². The van der Waals surface area contributed by atoms with Crippen molar-refractivity contribution in [1.82, 2.24) is 9.55 Å². The van der Waals surface area contributed by atoms with Gasteiger partial charge in [0, 0.05) is 5.56 Å². The van der Waals surface area contributed by atoms with Gasteiger partial charge in [-0.1, -0.05) is 74.0 Å². The molecule has 9 aromatic rings. The van der Waals surface area contributed by atoms with Gasteiger partial charge in [-0.25, -0.2) is 4.98 Å². The maximum atomic E-state index is 7.18. The largest absolute Gasteiger partial charge is 0.296 e. The molecule has 0 aliphatic rings. The maximum Gasteiger partial charge on any atom is 0.113 e. The number of aromatic nitrogens is 2. The lowest BCUT2D eigenvalue weighted by Gasteiger charge is -2.30. The minimum Gasteiger partial charge on any atom is -0.296 e. The third kappa shape index (κ3) is 6.61. The molecule has 0 unspecified atom stereocenters. The molecule has 2 nitrogen and oxygen atoms in total. The molecule has 0 saturated carbocycles. The van der Waals surface area contributed by atoms with Gasteiger partial charge in [0.05, 0.1) is 16.7 Å². The Hall–Kier alpha value is -5.08. The number of fused-ring (bicyclic) bond motifs is 3. The van der Waals surface area contributed by atoms with Crippen molar-refractivity contribution in [2.45, 2.75) is 6.92 Å². The average Bonchev–Trinajstić information content (AvgIpc) is 3.65. The first kappa shape index (κ1) is 46.0. The monoisotopic (exact) mass is 792 g/mol. The fourth-order valence-electron chi connectivity index (χ4n) is 9.22.